The number of anilines is 1. The van der Waals surface area contributed by atoms with Crippen LogP contribution in [0.5, 0.6) is 5.75 Å². The molecule has 0 aliphatic rings. The summed E-state index contributed by atoms with van der Waals surface area (Å²) in [5, 5.41) is 14.3. The van der Waals surface area contributed by atoms with E-state index < -0.39 is 17.5 Å². The third-order valence-corrected chi connectivity index (χ3v) is 3.72. The standard InChI is InChI=1S/C18H24N4O4/c1-18(2,8-7-16(23)24)21-17(25)20-14-5-3-4-6-15(14)26-12-11-22-10-9-19-13-22/h3-6,9-10,13H,7-8,11-12H2,1-2H3,(H,23,24)(H2,20,21,25). The summed E-state index contributed by atoms with van der Waals surface area (Å²) in [5.74, 6) is -0.331. The summed E-state index contributed by atoms with van der Waals surface area (Å²) >= 11 is 0. The fraction of sp³-hybridized carbons (Fsp3) is 0.389. The Kier molecular flexibility index (Phi) is 6.60. The smallest absolute Gasteiger partial charge is 0.319 e. The molecule has 0 spiro atoms. The number of benzene rings is 1. The van der Waals surface area contributed by atoms with Crippen molar-refractivity contribution in [2.45, 2.75) is 38.8 Å². The highest BCUT2D eigenvalue weighted by atomic mass is 16.5. The molecule has 8 heteroatoms. The topological polar surface area (TPSA) is 105 Å². The number of carboxylic acid groups (broad SMARTS) is 1. The van der Waals surface area contributed by atoms with E-state index in [4.69, 9.17) is 9.84 Å². The van der Waals surface area contributed by atoms with Gasteiger partial charge >= 0.3 is 12.0 Å². The first-order valence-electron chi connectivity index (χ1n) is 8.34. The van der Waals surface area contributed by atoms with Crippen molar-refractivity contribution >= 4 is 17.7 Å². The Morgan fingerprint density at radius 3 is 2.77 bits per heavy atom. The molecule has 1 aromatic heterocycles. The van der Waals surface area contributed by atoms with Gasteiger partial charge < -0.3 is 25.0 Å². The van der Waals surface area contributed by atoms with Crippen molar-refractivity contribution in [1.82, 2.24) is 14.9 Å². The number of rotatable bonds is 9. The van der Waals surface area contributed by atoms with E-state index in [1.54, 1.807) is 44.6 Å². The van der Waals surface area contributed by atoms with Gasteiger partial charge in [-0.2, -0.15) is 0 Å². The molecule has 8 nitrogen and oxygen atoms in total. The molecule has 0 radical (unpaired) electrons. The lowest BCUT2D eigenvalue weighted by atomic mass is 9.99. The predicted octanol–water partition coefficient (Wildman–Crippen LogP) is 2.73. The van der Waals surface area contributed by atoms with Gasteiger partial charge in [0.2, 0.25) is 0 Å². The first kappa shape index (κ1) is 19.3. The monoisotopic (exact) mass is 360 g/mol. The number of hydrogen-bond donors (Lipinski definition) is 3. The number of hydrogen-bond acceptors (Lipinski definition) is 4. The van der Waals surface area contributed by atoms with E-state index >= 15 is 0 Å². The molecular formula is C18H24N4O4. The molecule has 0 bridgehead atoms. The molecule has 0 saturated carbocycles. The molecule has 0 aliphatic heterocycles. The second kappa shape index (κ2) is 8.89. The van der Waals surface area contributed by atoms with Gasteiger partial charge in [-0.3, -0.25) is 4.79 Å². The lowest BCUT2D eigenvalue weighted by molar-refractivity contribution is -0.137. The quantitative estimate of drug-likeness (QED) is 0.638. The summed E-state index contributed by atoms with van der Waals surface area (Å²) in [6, 6.07) is 6.74. The Hall–Kier alpha value is -3.03. The number of carboxylic acids is 1. The van der Waals surface area contributed by atoms with Gasteiger partial charge in [0.25, 0.3) is 0 Å². The summed E-state index contributed by atoms with van der Waals surface area (Å²) in [6.07, 6.45) is 5.58. The molecule has 0 saturated heterocycles. The van der Waals surface area contributed by atoms with E-state index in [0.717, 1.165) is 0 Å². The second-order valence-electron chi connectivity index (χ2n) is 6.50. The molecule has 0 unspecified atom stereocenters. The van der Waals surface area contributed by atoms with E-state index in [9.17, 15) is 9.59 Å². The lowest BCUT2D eigenvalue weighted by Crippen LogP contribution is -2.45. The van der Waals surface area contributed by atoms with Crippen LogP contribution in [-0.4, -0.2) is 38.8 Å². The van der Waals surface area contributed by atoms with Crippen LogP contribution in [0, 0.1) is 0 Å². The fourth-order valence-electron chi connectivity index (χ4n) is 2.32. The molecular weight excluding hydrogens is 336 g/mol. The minimum Gasteiger partial charge on any atom is -0.490 e. The Balaban J connectivity index is 1.89. The number of amides is 2. The summed E-state index contributed by atoms with van der Waals surface area (Å²) in [7, 11) is 0. The van der Waals surface area contributed by atoms with Crippen LogP contribution in [-0.2, 0) is 11.3 Å². The van der Waals surface area contributed by atoms with Crippen molar-refractivity contribution in [1.29, 1.82) is 0 Å². The van der Waals surface area contributed by atoms with Crippen LogP contribution in [0.15, 0.2) is 43.0 Å². The van der Waals surface area contributed by atoms with Crippen LogP contribution in [0.4, 0.5) is 10.5 Å². The zero-order valence-corrected chi connectivity index (χ0v) is 14.9. The van der Waals surface area contributed by atoms with Crippen molar-refractivity contribution < 1.29 is 19.4 Å². The molecule has 1 heterocycles. The van der Waals surface area contributed by atoms with Gasteiger partial charge in [-0.1, -0.05) is 12.1 Å². The summed E-state index contributed by atoms with van der Waals surface area (Å²) in [5.41, 5.74) is -0.0932. The van der Waals surface area contributed by atoms with Crippen molar-refractivity contribution in [2.75, 3.05) is 11.9 Å². The van der Waals surface area contributed by atoms with Crippen LogP contribution >= 0.6 is 0 Å². The minimum atomic E-state index is -0.892. The molecule has 3 N–H and O–H groups in total. The molecule has 0 aliphatic carbocycles. The van der Waals surface area contributed by atoms with Crippen LogP contribution < -0.4 is 15.4 Å². The maximum absolute atomic E-state index is 12.2. The van der Waals surface area contributed by atoms with E-state index in [0.29, 0.717) is 31.0 Å². The average molecular weight is 360 g/mol. The zero-order valence-electron chi connectivity index (χ0n) is 14.9. The number of aromatic nitrogens is 2. The van der Waals surface area contributed by atoms with Crippen LogP contribution in [0.1, 0.15) is 26.7 Å². The van der Waals surface area contributed by atoms with E-state index in [-0.39, 0.29) is 6.42 Å². The molecule has 2 amide bonds. The summed E-state index contributed by atoms with van der Waals surface area (Å²) in [4.78, 5) is 26.9. The highest BCUT2D eigenvalue weighted by Gasteiger charge is 2.22. The van der Waals surface area contributed by atoms with Gasteiger partial charge in [0, 0.05) is 24.4 Å². The Bertz CT molecular complexity index is 729. The Morgan fingerprint density at radius 1 is 1.31 bits per heavy atom. The van der Waals surface area contributed by atoms with Crippen molar-refractivity contribution in [3.05, 3.63) is 43.0 Å². The van der Waals surface area contributed by atoms with Gasteiger partial charge in [0.1, 0.15) is 12.4 Å². The first-order valence-corrected chi connectivity index (χ1v) is 8.34. The van der Waals surface area contributed by atoms with Crippen LogP contribution in [0.2, 0.25) is 0 Å². The summed E-state index contributed by atoms with van der Waals surface area (Å²) in [6.45, 7) is 4.63. The van der Waals surface area contributed by atoms with Gasteiger partial charge in [-0.15, -0.1) is 0 Å². The summed E-state index contributed by atoms with van der Waals surface area (Å²) < 4.78 is 7.65. The Labute approximate surface area is 152 Å². The van der Waals surface area contributed by atoms with Gasteiger partial charge in [0.05, 0.1) is 18.6 Å². The number of para-hydroxylation sites is 2. The maximum Gasteiger partial charge on any atom is 0.319 e. The van der Waals surface area contributed by atoms with Gasteiger partial charge in [-0.25, -0.2) is 9.78 Å². The molecule has 26 heavy (non-hydrogen) atoms. The molecule has 0 fully saturated rings. The number of nitrogens with one attached hydrogen (secondary N) is 2. The van der Waals surface area contributed by atoms with E-state index in [2.05, 4.69) is 15.6 Å². The van der Waals surface area contributed by atoms with Gasteiger partial charge in [-0.05, 0) is 32.4 Å². The first-order chi connectivity index (χ1) is 12.4. The maximum atomic E-state index is 12.2. The lowest BCUT2D eigenvalue weighted by Gasteiger charge is -2.26. The second-order valence-corrected chi connectivity index (χ2v) is 6.50. The SMILES string of the molecule is CC(C)(CCC(=O)O)NC(=O)Nc1ccccc1OCCn1ccnc1. The van der Waals surface area contributed by atoms with E-state index in [1.165, 1.54) is 0 Å². The highest BCUT2D eigenvalue weighted by molar-refractivity contribution is 5.91. The van der Waals surface area contributed by atoms with E-state index in [1.807, 2.05) is 16.8 Å². The van der Waals surface area contributed by atoms with Crippen molar-refractivity contribution in [3.8, 4) is 5.75 Å². The Morgan fingerprint density at radius 2 is 2.08 bits per heavy atom. The number of carbonyl (C=O) groups is 2. The normalized spacial score (nSPS) is 11.0. The van der Waals surface area contributed by atoms with Crippen molar-refractivity contribution in [2.24, 2.45) is 0 Å². The minimum absolute atomic E-state index is 0.0127. The fourth-order valence-corrected chi connectivity index (χ4v) is 2.32. The third kappa shape index (κ3) is 6.46. The van der Waals surface area contributed by atoms with Gasteiger partial charge in [0.15, 0.2) is 0 Å². The average Bonchev–Trinajstić information content (AvgIpc) is 3.07. The third-order valence-electron chi connectivity index (χ3n) is 3.72. The number of urea groups is 1. The molecule has 140 valence electrons. The van der Waals surface area contributed by atoms with Crippen LogP contribution in [0.3, 0.4) is 0 Å². The highest BCUT2D eigenvalue weighted by Crippen LogP contribution is 2.24. The molecule has 2 rings (SSSR count). The number of carbonyl (C=O) groups excluding carboxylic acids is 1. The largest absolute Gasteiger partial charge is 0.490 e. The van der Waals surface area contributed by atoms with Crippen LogP contribution in [0.25, 0.3) is 0 Å². The number of ether oxygens (including phenoxy) is 1. The van der Waals surface area contributed by atoms with Crippen molar-refractivity contribution in [3.63, 3.8) is 0 Å². The molecule has 1 aromatic carbocycles. The zero-order chi connectivity index (χ0) is 19.0. The number of aliphatic carboxylic acids is 1. The predicted molar refractivity (Wildman–Crippen MR) is 97.3 cm³/mol. The molecule has 0 atom stereocenters. The number of nitrogens with zero attached hydrogens (tertiary/aromatic N) is 2. The molecule has 2 aromatic rings. The number of imidazole rings is 1.